The summed E-state index contributed by atoms with van der Waals surface area (Å²) < 4.78 is 6.71. The van der Waals surface area contributed by atoms with E-state index in [1.807, 2.05) is 6.07 Å². The second-order valence-electron chi connectivity index (χ2n) is 6.57. The highest BCUT2D eigenvalue weighted by molar-refractivity contribution is 7.22. The summed E-state index contributed by atoms with van der Waals surface area (Å²) in [4.78, 5) is 4.76. The highest BCUT2D eigenvalue weighted by Crippen LogP contribution is 2.34. The van der Waals surface area contributed by atoms with Crippen LogP contribution >= 0.6 is 11.3 Å². The number of rotatable bonds is 2. The lowest BCUT2D eigenvalue weighted by atomic mass is 10.0. The van der Waals surface area contributed by atoms with Crippen molar-refractivity contribution in [2.75, 3.05) is 44.4 Å². The molecule has 0 radical (unpaired) electrons. The lowest BCUT2D eigenvalue weighted by molar-refractivity contribution is -0.0702. The number of fused-ring (bicyclic) bond motifs is 2. The minimum Gasteiger partial charge on any atom is -0.379 e. The van der Waals surface area contributed by atoms with Gasteiger partial charge in [0.1, 0.15) is 0 Å². The van der Waals surface area contributed by atoms with Gasteiger partial charge in [0.05, 0.1) is 35.7 Å². The van der Waals surface area contributed by atoms with E-state index in [2.05, 4.69) is 40.1 Å². The third-order valence-electron chi connectivity index (χ3n) is 5.11. The molecule has 1 saturated heterocycles. The smallest absolute Gasteiger partial charge is 0.207 e. The van der Waals surface area contributed by atoms with E-state index in [0.717, 1.165) is 56.5 Å². The molecule has 0 bridgehead atoms. The summed E-state index contributed by atoms with van der Waals surface area (Å²) in [5, 5.41) is 12.8. The van der Waals surface area contributed by atoms with Crippen LogP contribution in [0.2, 0.25) is 0 Å². The van der Waals surface area contributed by atoms with Crippen LogP contribution in [-0.2, 0) is 4.74 Å². The molecule has 0 unspecified atom stereocenters. The Labute approximate surface area is 151 Å². The predicted octanol–water partition coefficient (Wildman–Crippen LogP) is 2.70. The number of hydrazine groups is 1. The molecule has 0 spiro atoms. The average Bonchev–Trinajstić information content (AvgIpc) is 3.27. The Morgan fingerprint density at radius 1 is 1.12 bits per heavy atom. The van der Waals surface area contributed by atoms with Gasteiger partial charge in [-0.25, -0.2) is 15.0 Å². The van der Waals surface area contributed by atoms with Crippen molar-refractivity contribution in [3.05, 3.63) is 35.5 Å². The molecule has 6 nitrogen and oxygen atoms in total. The van der Waals surface area contributed by atoms with Gasteiger partial charge in [-0.1, -0.05) is 23.5 Å². The second-order valence-corrected chi connectivity index (χ2v) is 7.58. The van der Waals surface area contributed by atoms with Crippen LogP contribution in [0.5, 0.6) is 0 Å². The molecule has 1 aromatic heterocycles. The van der Waals surface area contributed by atoms with E-state index in [-0.39, 0.29) is 0 Å². The zero-order chi connectivity index (χ0) is 16.8. The number of thiazole rings is 1. The van der Waals surface area contributed by atoms with Crippen molar-refractivity contribution >= 4 is 32.4 Å². The Kier molecular flexibility index (Phi) is 3.73. The number of hydrogen-bond donors (Lipinski definition) is 0. The third-order valence-corrected chi connectivity index (χ3v) is 6.16. The number of para-hydroxylation sites is 1. The Morgan fingerprint density at radius 2 is 1.96 bits per heavy atom. The first-order valence-corrected chi connectivity index (χ1v) is 9.62. The van der Waals surface area contributed by atoms with E-state index in [1.165, 1.54) is 21.7 Å². The number of ether oxygens (including phenoxy) is 1. The number of aromatic nitrogens is 1. The summed E-state index contributed by atoms with van der Waals surface area (Å²) in [6.45, 7) is 7.62. The number of allylic oxidation sites excluding steroid dienone is 1. The maximum Gasteiger partial charge on any atom is 0.207 e. The summed E-state index contributed by atoms with van der Waals surface area (Å²) in [6.07, 6.45) is 0.991. The first-order chi connectivity index (χ1) is 12.3. The Hall–Kier alpha value is -1.96. The van der Waals surface area contributed by atoms with Gasteiger partial charge in [0.25, 0.3) is 0 Å². The number of benzene rings is 1. The van der Waals surface area contributed by atoms with Gasteiger partial charge in [-0.2, -0.15) is 5.10 Å². The largest absolute Gasteiger partial charge is 0.379 e. The zero-order valence-corrected chi connectivity index (χ0v) is 15.1. The van der Waals surface area contributed by atoms with Gasteiger partial charge in [-0.3, -0.25) is 0 Å². The maximum absolute atomic E-state index is 5.49. The lowest BCUT2D eigenvalue weighted by Crippen LogP contribution is -2.50. The van der Waals surface area contributed by atoms with Crippen molar-refractivity contribution in [2.24, 2.45) is 5.10 Å². The monoisotopic (exact) mass is 355 g/mol. The summed E-state index contributed by atoms with van der Waals surface area (Å²) >= 11 is 1.71. The van der Waals surface area contributed by atoms with Gasteiger partial charge in [0.2, 0.25) is 5.13 Å². The van der Waals surface area contributed by atoms with Crippen LogP contribution in [0.25, 0.3) is 10.2 Å². The van der Waals surface area contributed by atoms with Crippen molar-refractivity contribution in [3.8, 4) is 0 Å². The van der Waals surface area contributed by atoms with Crippen molar-refractivity contribution in [2.45, 2.75) is 13.3 Å². The highest BCUT2D eigenvalue weighted by atomic mass is 32.1. The van der Waals surface area contributed by atoms with Crippen LogP contribution < -0.4 is 5.01 Å². The third kappa shape index (κ3) is 2.63. The molecule has 130 valence electrons. The normalized spacial score (nSPS) is 21.9. The fourth-order valence-corrected chi connectivity index (χ4v) is 4.69. The maximum atomic E-state index is 5.49. The van der Waals surface area contributed by atoms with Crippen LogP contribution in [0, 0.1) is 0 Å². The molecule has 7 heteroatoms. The molecule has 0 N–H and O–H groups in total. The number of hydrazone groups is 1. The Balaban J connectivity index is 1.43. The number of morpholine rings is 1. The molecule has 3 aliphatic heterocycles. The molecule has 2 aromatic rings. The Morgan fingerprint density at radius 3 is 2.80 bits per heavy atom. The second kappa shape index (κ2) is 6.09. The molecule has 3 aliphatic rings. The van der Waals surface area contributed by atoms with Gasteiger partial charge in [-0.05, 0) is 19.1 Å². The topological polar surface area (TPSA) is 44.2 Å². The van der Waals surface area contributed by atoms with E-state index in [0.29, 0.717) is 0 Å². The molecule has 0 aliphatic carbocycles. The molecule has 0 saturated carbocycles. The average molecular weight is 355 g/mol. The van der Waals surface area contributed by atoms with Gasteiger partial charge >= 0.3 is 0 Å². The number of nitrogens with zero attached hydrogens (tertiary/aromatic N) is 5. The fraction of sp³-hybridized carbons (Fsp3) is 0.444. The number of anilines is 1. The van der Waals surface area contributed by atoms with Crippen molar-refractivity contribution in [3.63, 3.8) is 0 Å². The van der Waals surface area contributed by atoms with Crippen molar-refractivity contribution in [1.82, 2.24) is 15.0 Å². The van der Waals surface area contributed by atoms with E-state index < -0.39 is 0 Å². The van der Waals surface area contributed by atoms with E-state index in [1.54, 1.807) is 11.3 Å². The van der Waals surface area contributed by atoms with Crippen molar-refractivity contribution in [1.29, 1.82) is 0 Å². The van der Waals surface area contributed by atoms with Gasteiger partial charge in [-0.15, -0.1) is 0 Å². The molecular formula is C18H21N5OS. The zero-order valence-electron chi connectivity index (χ0n) is 14.3. The summed E-state index contributed by atoms with van der Waals surface area (Å²) in [7, 11) is 0. The fourth-order valence-electron chi connectivity index (χ4n) is 3.77. The lowest BCUT2D eigenvalue weighted by Gasteiger charge is -2.41. The molecule has 0 amide bonds. The minimum atomic E-state index is 0.817. The summed E-state index contributed by atoms with van der Waals surface area (Å²) in [6, 6.07) is 8.29. The molecular weight excluding hydrogens is 334 g/mol. The van der Waals surface area contributed by atoms with Crippen molar-refractivity contribution < 1.29 is 4.74 Å². The summed E-state index contributed by atoms with van der Waals surface area (Å²) in [5.74, 6) is 0. The standard InChI is InChI=1S/C18H21N5OS/c1-13-14-12-22(18-19-16-4-2-3-5-17(16)25-18)20-15(14)6-7-23(13)21-8-10-24-11-9-21/h2-5H,6-12H2,1H3. The van der Waals surface area contributed by atoms with Gasteiger partial charge < -0.3 is 9.75 Å². The first-order valence-electron chi connectivity index (χ1n) is 8.80. The quantitative estimate of drug-likeness (QED) is 0.829. The molecule has 1 aromatic carbocycles. The van der Waals surface area contributed by atoms with Crippen LogP contribution in [0.15, 0.2) is 40.6 Å². The molecule has 5 rings (SSSR count). The predicted molar refractivity (Wildman–Crippen MR) is 101 cm³/mol. The van der Waals surface area contributed by atoms with Gasteiger partial charge in [0, 0.05) is 37.3 Å². The summed E-state index contributed by atoms with van der Waals surface area (Å²) in [5.41, 5.74) is 4.96. The molecule has 0 atom stereocenters. The minimum absolute atomic E-state index is 0.817. The highest BCUT2D eigenvalue weighted by Gasteiger charge is 2.32. The SMILES string of the molecule is CC1=C2CN(c3nc4ccccc4s3)N=C2CCN1N1CCOCC1. The molecule has 1 fully saturated rings. The Bertz CT molecular complexity index is 834. The van der Waals surface area contributed by atoms with E-state index in [9.17, 15) is 0 Å². The van der Waals surface area contributed by atoms with Gasteiger partial charge in [0.15, 0.2) is 0 Å². The van der Waals surface area contributed by atoms with Crippen LogP contribution in [0.3, 0.4) is 0 Å². The van der Waals surface area contributed by atoms with E-state index >= 15 is 0 Å². The van der Waals surface area contributed by atoms with E-state index in [4.69, 9.17) is 14.8 Å². The van der Waals surface area contributed by atoms with Crippen LogP contribution in [0.1, 0.15) is 13.3 Å². The van der Waals surface area contributed by atoms with Crippen LogP contribution in [0.4, 0.5) is 5.13 Å². The number of hydrogen-bond acceptors (Lipinski definition) is 7. The molecule has 4 heterocycles. The van der Waals surface area contributed by atoms with Crippen LogP contribution in [-0.4, -0.2) is 60.1 Å². The molecule has 25 heavy (non-hydrogen) atoms. The first kappa shape index (κ1) is 15.3.